The number of halogens is 2. The highest BCUT2D eigenvalue weighted by Crippen LogP contribution is 2.26. The Kier molecular flexibility index (Phi) is 8.02. The molecule has 0 aromatic heterocycles. The van der Waals surface area contributed by atoms with Gasteiger partial charge in [0.15, 0.2) is 6.61 Å². The van der Waals surface area contributed by atoms with Gasteiger partial charge in [-0.15, -0.1) is 0 Å². The highest BCUT2D eigenvalue weighted by atomic mass is 35.5. The first kappa shape index (κ1) is 23.1. The number of nitrogens with zero attached hydrogens (tertiary/aromatic N) is 2. The number of anilines is 1. The maximum atomic E-state index is 11.8. The summed E-state index contributed by atoms with van der Waals surface area (Å²) in [6.07, 6.45) is 1.42. The van der Waals surface area contributed by atoms with Gasteiger partial charge in [0, 0.05) is 22.8 Å². The summed E-state index contributed by atoms with van der Waals surface area (Å²) in [5, 5.41) is 18.0. The van der Waals surface area contributed by atoms with Gasteiger partial charge in [-0.25, -0.2) is 0 Å². The SMILES string of the molecule is O=C(CO/N=C/c1ccc(OCc2ccc([N+](=O)[O-])cc2)c(Cl)c1)Nc1ccc(Cl)cc1. The molecular formula is C22H17Cl2N3O5. The number of carbonyl (C=O) groups excluding carboxylic acids is 1. The molecule has 3 rings (SSSR count). The van der Waals surface area contributed by atoms with E-state index < -0.39 is 4.92 Å². The lowest BCUT2D eigenvalue weighted by Crippen LogP contribution is -2.16. The van der Waals surface area contributed by atoms with Crippen LogP contribution in [0.5, 0.6) is 5.75 Å². The average molecular weight is 474 g/mol. The van der Waals surface area contributed by atoms with Crippen LogP contribution in [0.1, 0.15) is 11.1 Å². The van der Waals surface area contributed by atoms with E-state index >= 15 is 0 Å². The van der Waals surface area contributed by atoms with Gasteiger partial charge in [0.25, 0.3) is 11.6 Å². The fourth-order valence-corrected chi connectivity index (χ4v) is 2.88. The molecule has 0 spiro atoms. The predicted octanol–water partition coefficient (Wildman–Crippen LogP) is 5.47. The molecule has 164 valence electrons. The zero-order chi connectivity index (χ0) is 22.9. The van der Waals surface area contributed by atoms with E-state index in [9.17, 15) is 14.9 Å². The molecule has 0 heterocycles. The van der Waals surface area contributed by atoms with Crippen molar-refractivity contribution in [2.75, 3.05) is 11.9 Å². The fourth-order valence-electron chi connectivity index (χ4n) is 2.51. The summed E-state index contributed by atoms with van der Waals surface area (Å²) in [5.41, 5.74) is 2.03. The standard InChI is InChI=1S/C22H17Cl2N3O5/c23-17-4-6-18(7-5-17)26-22(28)14-32-25-12-16-3-10-21(20(24)11-16)31-13-15-1-8-19(9-2-15)27(29)30/h1-12H,13-14H2,(H,26,28)/b25-12+. The Hall–Kier alpha value is -3.62. The maximum absolute atomic E-state index is 11.8. The fraction of sp³-hybridized carbons (Fsp3) is 0.0909. The van der Waals surface area contributed by atoms with Gasteiger partial charge in [-0.2, -0.15) is 0 Å². The summed E-state index contributed by atoms with van der Waals surface area (Å²) in [5.74, 6) is 0.0860. The van der Waals surface area contributed by atoms with Crippen molar-refractivity contribution in [2.24, 2.45) is 5.16 Å². The van der Waals surface area contributed by atoms with Crippen molar-refractivity contribution in [1.29, 1.82) is 0 Å². The van der Waals surface area contributed by atoms with Crippen LogP contribution < -0.4 is 10.1 Å². The topological polar surface area (TPSA) is 103 Å². The Labute approximate surface area is 193 Å². The summed E-state index contributed by atoms with van der Waals surface area (Å²) in [6.45, 7) is -0.0553. The molecule has 10 heteroatoms. The van der Waals surface area contributed by atoms with Crippen LogP contribution in [0.3, 0.4) is 0 Å². The van der Waals surface area contributed by atoms with Crippen LogP contribution in [0.4, 0.5) is 11.4 Å². The zero-order valence-corrected chi connectivity index (χ0v) is 18.0. The molecule has 1 N–H and O–H groups in total. The van der Waals surface area contributed by atoms with Crippen LogP contribution in [0.15, 0.2) is 71.9 Å². The van der Waals surface area contributed by atoms with E-state index in [1.807, 2.05) is 0 Å². The van der Waals surface area contributed by atoms with Gasteiger partial charge in [-0.3, -0.25) is 14.9 Å². The first-order valence-electron chi connectivity index (χ1n) is 9.27. The molecule has 0 unspecified atom stereocenters. The van der Waals surface area contributed by atoms with E-state index in [4.69, 9.17) is 32.8 Å². The van der Waals surface area contributed by atoms with Gasteiger partial charge < -0.3 is 14.9 Å². The van der Waals surface area contributed by atoms with Crippen LogP contribution in [-0.2, 0) is 16.2 Å². The zero-order valence-electron chi connectivity index (χ0n) is 16.5. The molecule has 8 nitrogen and oxygen atoms in total. The molecule has 0 radical (unpaired) electrons. The minimum atomic E-state index is -0.461. The lowest BCUT2D eigenvalue weighted by atomic mass is 10.2. The number of benzene rings is 3. The van der Waals surface area contributed by atoms with Crippen molar-refractivity contribution < 1.29 is 19.3 Å². The predicted molar refractivity (Wildman–Crippen MR) is 123 cm³/mol. The van der Waals surface area contributed by atoms with Crippen molar-refractivity contribution in [3.63, 3.8) is 0 Å². The largest absolute Gasteiger partial charge is 0.487 e. The van der Waals surface area contributed by atoms with E-state index in [2.05, 4.69) is 10.5 Å². The third-order valence-electron chi connectivity index (χ3n) is 4.10. The smallest absolute Gasteiger partial charge is 0.269 e. The summed E-state index contributed by atoms with van der Waals surface area (Å²) < 4.78 is 5.66. The monoisotopic (exact) mass is 473 g/mol. The minimum Gasteiger partial charge on any atom is -0.487 e. The summed E-state index contributed by atoms with van der Waals surface area (Å²) in [4.78, 5) is 27.1. The second-order valence-corrected chi connectivity index (χ2v) is 7.31. The number of amides is 1. The number of rotatable bonds is 9. The third-order valence-corrected chi connectivity index (χ3v) is 4.64. The van der Waals surface area contributed by atoms with E-state index in [-0.39, 0.29) is 24.8 Å². The van der Waals surface area contributed by atoms with Crippen molar-refractivity contribution in [3.8, 4) is 5.75 Å². The maximum Gasteiger partial charge on any atom is 0.269 e. The number of ether oxygens (including phenoxy) is 1. The van der Waals surface area contributed by atoms with Crippen LogP contribution in [-0.4, -0.2) is 23.7 Å². The van der Waals surface area contributed by atoms with Gasteiger partial charge in [0.1, 0.15) is 12.4 Å². The van der Waals surface area contributed by atoms with Crippen LogP contribution in [0.2, 0.25) is 10.0 Å². The second kappa shape index (κ2) is 11.1. The summed E-state index contributed by atoms with van der Waals surface area (Å²) in [7, 11) is 0. The number of carbonyl (C=O) groups is 1. The summed E-state index contributed by atoms with van der Waals surface area (Å²) >= 11 is 12.0. The number of nitro benzene ring substituents is 1. The Balaban J connectivity index is 1.46. The number of nitrogens with one attached hydrogen (secondary N) is 1. The molecule has 0 aliphatic rings. The Bertz CT molecular complexity index is 1120. The van der Waals surface area contributed by atoms with Crippen LogP contribution in [0, 0.1) is 10.1 Å². The average Bonchev–Trinajstić information content (AvgIpc) is 2.78. The molecule has 0 bridgehead atoms. The normalized spacial score (nSPS) is 10.7. The molecule has 3 aromatic carbocycles. The molecule has 0 atom stereocenters. The van der Waals surface area contributed by atoms with Crippen molar-refractivity contribution in [1.82, 2.24) is 0 Å². The van der Waals surface area contributed by atoms with Crippen molar-refractivity contribution >= 4 is 46.7 Å². The second-order valence-electron chi connectivity index (χ2n) is 6.47. The first-order chi connectivity index (χ1) is 15.4. The van der Waals surface area contributed by atoms with Gasteiger partial charge in [0.2, 0.25) is 0 Å². The van der Waals surface area contributed by atoms with Crippen LogP contribution in [0.25, 0.3) is 0 Å². The molecule has 32 heavy (non-hydrogen) atoms. The molecule has 1 amide bonds. The van der Waals surface area contributed by atoms with Gasteiger partial charge in [-0.05, 0) is 65.7 Å². The first-order valence-corrected chi connectivity index (χ1v) is 10.0. The molecule has 0 aliphatic carbocycles. The van der Waals surface area contributed by atoms with Gasteiger partial charge in [-0.1, -0.05) is 28.4 Å². The van der Waals surface area contributed by atoms with Crippen molar-refractivity contribution in [3.05, 3.63) is 98.0 Å². The van der Waals surface area contributed by atoms with Crippen molar-refractivity contribution in [2.45, 2.75) is 6.61 Å². The number of oxime groups is 1. The third kappa shape index (κ3) is 6.97. The van der Waals surface area contributed by atoms with Gasteiger partial charge >= 0.3 is 0 Å². The van der Waals surface area contributed by atoms with E-state index in [1.54, 1.807) is 54.6 Å². The quantitative estimate of drug-likeness (QED) is 0.252. The Morgan fingerprint density at radius 3 is 2.44 bits per heavy atom. The molecule has 0 aliphatic heterocycles. The lowest BCUT2D eigenvalue weighted by molar-refractivity contribution is -0.384. The molecule has 0 saturated carbocycles. The minimum absolute atomic E-state index is 0.0140. The summed E-state index contributed by atoms with van der Waals surface area (Å²) in [6, 6.07) is 17.8. The van der Waals surface area contributed by atoms with Gasteiger partial charge in [0.05, 0.1) is 16.2 Å². The molecular weight excluding hydrogens is 457 g/mol. The number of nitro groups is 1. The van der Waals surface area contributed by atoms with E-state index in [0.717, 1.165) is 5.56 Å². The number of hydrogen-bond donors (Lipinski definition) is 1. The molecule has 0 saturated heterocycles. The number of hydrogen-bond acceptors (Lipinski definition) is 6. The highest BCUT2D eigenvalue weighted by Gasteiger charge is 2.07. The lowest BCUT2D eigenvalue weighted by Gasteiger charge is -2.08. The van der Waals surface area contributed by atoms with E-state index in [0.29, 0.717) is 27.0 Å². The Morgan fingerprint density at radius 2 is 1.78 bits per heavy atom. The molecule has 3 aromatic rings. The van der Waals surface area contributed by atoms with Crippen LogP contribution >= 0.6 is 23.2 Å². The van der Waals surface area contributed by atoms with E-state index in [1.165, 1.54) is 18.3 Å². The Morgan fingerprint density at radius 1 is 1.06 bits per heavy atom. The highest BCUT2D eigenvalue weighted by molar-refractivity contribution is 6.32. The number of non-ortho nitro benzene ring substituents is 1. The molecule has 0 fully saturated rings.